The van der Waals surface area contributed by atoms with E-state index in [9.17, 15) is 14.7 Å². The number of carbonyl (C=O) groups is 2. The summed E-state index contributed by atoms with van der Waals surface area (Å²) in [5.41, 5.74) is 1.01. The molecule has 1 N–H and O–H groups in total. The van der Waals surface area contributed by atoms with Gasteiger partial charge in [-0.05, 0) is 5.56 Å². The number of nitrogens with zero attached hydrogens (tertiary/aromatic N) is 1. The smallest absolute Gasteiger partial charge is 0.325 e. The fourth-order valence-corrected chi connectivity index (χ4v) is 2.43. The van der Waals surface area contributed by atoms with Crippen LogP contribution < -0.4 is 0 Å². The highest BCUT2D eigenvalue weighted by Crippen LogP contribution is 2.21. The fraction of sp³-hybridized carbons (Fsp3) is 0.500. The lowest BCUT2D eigenvalue weighted by Crippen LogP contribution is -2.41. The highest BCUT2D eigenvalue weighted by atomic mass is 16.7. The zero-order chi connectivity index (χ0) is 16.7. The summed E-state index contributed by atoms with van der Waals surface area (Å²) in [6.45, 7) is -0.0642. The van der Waals surface area contributed by atoms with E-state index in [2.05, 4.69) is 4.74 Å². The largest absolute Gasteiger partial charge is 0.468 e. The molecule has 0 unspecified atom stereocenters. The standard InChI is InChI=1S/C16H21NO6/c1-21-15(19)8-17-13(9-18)7-14(16(17)20)23-11-22-10-12-5-3-2-4-6-12/h2-6,13-14,18H,7-11H2,1H3/t13-,14+/m1/s1. The minimum absolute atomic E-state index is 0.0322. The van der Waals surface area contributed by atoms with Crippen LogP contribution in [-0.2, 0) is 30.4 Å². The van der Waals surface area contributed by atoms with E-state index in [1.165, 1.54) is 12.0 Å². The van der Waals surface area contributed by atoms with Crippen LogP contribution >= 0.6 is 0 Å². The van der Waals surface area contributed by atoms with Crippen molar-refractivity contribution in [1.29, 1.82) is 0 Å². The fourth-order valence-electron chi connectivity index (χ4n) is 2.43. The van der Waals surface area contributed by atoms with Gasteiger partial charge in [0.15, 0.2) is 0 Å². The van der Waals surface area contributed by atoms with Gasteiger partial charge in [-0.3, -0.25) is 9.59 Å². The molecular weight excluding hydrogens is 302 g/mol. The van der Waals surface area contributed by atoms with Gasteiger partial charge in [-0.2, -0.15) is 0 Å². The second-order valence-electron chi connectivity index (χ2n) is 5.22. The van der Waals surface area contributed by atoms with E-state index in [-0.39, 0.29) is 25.9 Å². The SMILES string of the molecule is COC(=O)CN1C(=O)[C@@H](OCOCc2ccccc2)C[C@@H]1CO. The molecule has 1 amide bonds. The van der Waals surface area contributed by atoms with Gasteiger partial charge in [0.05, 0.1) is 26.4 Å². The second kappa shape index (κ2) is 8.61. The van der Waals surface area contributed by atoms with Gasteiger partial charge >= 0.3 is 5.97 Å². The third kappa shape index (κ3) is 4.75. The van der Waals surface area contributed by atoms with Crippen LogP contribution in [-0.4, -0.2) is 61.1 Å². The van der Waals surface area contributed by atoms with Gasteiger partial charge in [0.1, 0.15) is 19.4 Å². The third-order valence-electron chi connectivity index (χ3n) is 3.69. The van der Waals surface area contributed by atoms with E-state index < -0.39 is 18.1 Å². The normalized spacial score (nSPS) is 20.8. The Morgan fingerprint density at radius 1 is 1.35 bits per heavy atom. The summed E-state index contributed by atoms with van der Waals surface area (Å²) in [6, 6.07) is 9.16. The Morgan fingerprint density at radius 2 is 2.09 bits per heavy atom. The number of carbonyl (C=O) groups excluding carboxylic acids is 2. The quantitative estimate of drug-likeness (QED) is 0.421. The van der Waals surface area contributed by atoms with E-state index >= 15 is 0 Å². The lowest BCUT2D eigenvalue weighted by atomic mass is 10.2. The Kier molecular flexibility index (Phi) is 6.52. The number of hydrogen-bond donors (Lipinski definition) is 1. The molecule has 1 fully saturated rings. The van der Waals surface area contributed by atoms with Gasteiger partial charge in [-0.25, -0.2) is 0 Å². The maximum atomic E-state index is 12.2. The predicted octanol–water partition coefficient (Wildman–Crippen LogP) is 0.312. The molecule has 0 radical (unpaired) electrons. The van der Waals surface area contributed by atoms with Crippen molar-refractivity contribution in [3.05, 3.63) is 35.9 Å². The number of aliphatic hydroxyl groups is 1. The molecule has 1 aromatic carbocycles. The number of amides is 1. The summed E-state index contributed by atoms with van der Waals surface area (Å²) in [7, 11) is 1.25. The molecule has 1 saturated heterocycles. The molecule has 1 aliphatic heterocycles. The zero-order valence-corrected chi connectivity index (χ0v) is 13.0. The number of esters is 1. The minimum Gasteiger partial charge on any atom is -0.468 e. The molecule has 0 bridgehead atoms. The summed E-state index contributed by atoms with van der Waals surface area (Å²) in [5, 5.41) is 9.35. The predicted molar refractivity (Wildman–Crippen MR) is 80.2 cm³/mol. The maximum Gasteiger partial charge on any atom is 0.325 e. The van der Waals surface area contributed by atoms with Crippen molar-refractivity contribution in [1.82, 2.24) is 4.90 Å². The van der Waals surface area contributed by atoms with Crippen molar-refractivity contribution < 1.29 is 28.9 Å². The molecule has 23 heavy (non-hydrogen) atoms. The molecule has 1 heterocycles. The van der Waals surface area contributed by atoms with Crippen LogP contribution in [0.3, 0.4) is 0 Å². The van der Waals surface area contributed by atoms with Crippen LogP contribution in [0.1, 0.15) is 12.0 Å². The molecule has 0 aromatic heterocycles. The molecule has 1 aromatic rings. The number of ether oxygens (including phenoxy) is 3. The highest BCUT2D eigenvalue weighted by Gasteiger charge is 2.40. The summed E-state index contributed by atoms with van der Waals surface area (Å²) in [6.07, 6.45) is -0.395. The van der Waals surface area contributed by atoms with E-state index in [0.29, 0.717) is 13.0 Å². The van der Waals surface area contributed by atoms with Crippen LogP contribution in [0.4, 0.5) is 0 Å². The van der Waals surface area contributed by atoms with Crippen molar-refractivity contribution in [3.63, 3.8) is 0 Å². The van der Waals surface area contributed by atoms with Crippen molar-refractivity contribution in [2.45, 2.75) is 25.2 Å². The van der Waals surface area contributed by atoms with Crippen molar-refractivity contribution >= 4 is 11.9 Å². The van der Waals surface area contributed by atoms with E-state index in [0.717, 1.165) is 5.56 Å². The first-order valence-electron chi connectivity index (χ1n) is 7.37. The number of methoxy groups -OCH3 is 1. The Balaban J connectivity index is 1.79. The maximum absolute atomic E-state index is 12.2. The van der Waals surface area contributed by atoms with Crippen LogP contribution in [0.15, 0.2) is 30.3 Å². The van der Waals surface area contributed by atoms with Gasteiger partial charge in [0, 0.05) is 6.42 Å². The number of benzene rings is 1. The van der Waals surface area contributed by atoms with Gasteiger partial charge in [-0.1, -0.05) is 30.3 Å². The van der Waals surface area contributed by atoms with Gasteiger partial charge in [-0.15, -0.1) is 0 Å². The average Bonchev–Trinajstić information content (AvgIpc) is 2.88. The average molecular weight is 323 g/mol. The lowest BCUT2D eigenvalue weighted by molar-refractivity contribution is -0.153. The van der Waals surface area contributed by atoms with Crippen molar-refractivity contribution in [2.24, 2.45) is 0 Å². The number of hydrogen-bond acceptors (Lipinski definition) is 6. The molecule has 7 heteroatoms. The van der Waals surface area contributed by atoms with Gasteiger partial charge < -0.3 is 24.2 Å². The van der Waals surface area contributed by atoms with Crippen LogP contribution in [0, 0.1) is 0 Å². The Bertz CT molecular complexity index is 521. The molecule has 2 rings (SSSR count). The number of likely N-dealkylation sites (tertiary alicyclic amines) is 1. The Hall–Kier alpha value is -1.96. The monoisotopic (exact) mass is 323 g/mol. The number of aliphatic hydroxyl groups excluding tert-OH is 1. The lowest BCUT2D eigenvalue weighted by Gasteiger charge is -2.21. The first kappa shape index (κ1) is 17.4. The molecule has 0 saturated carbocycles. The molecule has 1 aliphatic rings. The van der Waals surface area contributed by atoms with Crippen LogP contribution in [0.5, 0.6) is 0 Å². The van der Waals surface area contributed by atoms with Crippen LogP contribution in [0.25, 0.3) is 0 Å². The van der Waals surface area contributed by atoms with E-state index in [4.69, 9.17) is 9.47 Å². The van der Waals surface area contributed by atoms with E-state index in [1.807, 2.05) is 30.3 Å². The third-order valence-corrected chi connectivity index (χ3v) is 3.69. The molecule has 0 aliphatic carbocycles. The number of rotatable bonds is 8. The Morgan fingerprint density at radius 3 is 2.74 bits per heavy atom. The van der Waals surface area contributed by atoms with Crippen molar-refractivity contribution in [3.8, 4) is 0 Å². The Labute approximate surface area is 134 Å². The summed E-state index contributed by atoms with van der Waals surface area (Å²) in [5.74, 6) is -0.865. The topological polar surface area (TPSA) is 85.3 Å². The second-order valence-corrected chi connectivity index (χ2v) is 5.22. The van der Waals surface area contributed by atoms with E-state index in [1.54, 1.807) is 0 Å². The molecular formula is C16H21NO6. The molecule has 126 valence electrons. The van der Waals surface area contributed by atoms with Gasteiger partial charge in [0.2, 0.25) is 0 Å². The van der Waals surface area contributed by atoms with Crippen LogP contribution in [0.2, 0.25) is 0 Å². The molecule has 0 spiro atoms. The highest BCUT2D eigenvalue weighted by molar-refractivity contribution is 5.87. The summed E-state index contributed by atoms with van der Waals surface area (Å²) in [4.78, 5) is 24.8. The zero-order valence-electron chi connectivity index (χ0n) is 13.0. The molecule has 7 nitrogen and oxygen atoms in total. The first-order valence-corrected chi connectivity index (χ1v) is 7.37. The minimum atomic E-state index is -0.715. The summed E-state index contributed by atoms with van der Waals surface area (Å²) < 4.78 is 15.4. The van der Waals surface area contributed by atoms with Gasteiger partial charge in [0.25, 0.3) is 5.91 Å². The molecule has 2 atom stereocenters. The summed E-state index contributed by atoms with van der Waals surface area (Å²) >= 11 is 0. The van der Waals surface area contributed by atoms with Crippen molar-refractivity contribution in [2.75, 3.05) is 27.1 Å². The first-order chi connectivity index (χ1) is 11.2.